The van der Waals surface area contributed by atoms with E-state index in [1.807, 2.05) is 7.05 Å². The molecule has 1 N–H and O–H groups in total. The predicted octanol–water partition coefficient (Wildman–Crippen LogP) is 4.89. The number of hydrogen-bond donors (Lipinski definition) is 1. The van der Waals surface area contributed by atoms with Gasteiger partial charge in [-0.25, -0.2) is 0 Å². The van der Waals surface area contributed by atoms with E-state index in [1.54, 1.807) is 0 Å². The Morgan fingerprint density at radius 1 is 1.30 bits per heavy atom. The van der Waals surface area contributed by atoms with E-state index in [-0.39, 0.29) is 0 Å². The number of benzene rings is 1. The number of nitrogens with one attached hydrogen (secondary N) is 1. The molecule has 1 saturated carbocycles. The molecule has 1 atom stereocenters. The molecule has 0 spiro atoms. The van der Waals surface area contributed by atoms with Crippen molar-refractivity contribution < 1.29 is 0 Å². The Balaban J connectivity index is 2.32. The van der Waals surface area contributed by atoms with Crippen molar-refractivity contribution in [1.29, 1.82) is 0 Å². The van der Waals surface area contributed by atoms with Crippen LogP contribution >= 0.6 is 15.9 Å². The first kappa shape index (κ1) is 15.8. The second-order valence-corrected chi connectivity index (χ2v) is 6.71. The molecule has 0 bridgehead atoms. The highest BCUT2D eigenvalue weighted by Crippen LogP contribution is 2.33. The van der Waals surface area contributed by atoms with Crippen LogP contribution < -0.4 is 10.2 Å². The van der Waals surface area contributed by atoms with Crippen molar-refractivity contribution >= 4 is 21.6 Å². The molecule has 0 radical (unpaired) electrons. The van der Waals surface area contributed by atoms with E-state index in [0.717, 1.165) is 17.1 Å². The topological polar surface area (TPSA) is 15.3 Å². The van der Waals surface area contributed by atoms with Crippen molar-refractivity contribution in [2.45, 2.75) is 58.0 Å². The molecule has 1 aliphatic rings. The predicted molar refractivity (Wildman–Crippen MR) is 91.5 cm³/mol. The summed E-state index contributed by atoms with van der Waals surface area (Å²) in [7, 11) is 2.03. The Hall–Kier alpha value is -0.540. The van der Waals surface area contributed by atoms with E-state index < -0.39 is 0 Å². The second-order valence-electron chi connectivity index (χ2n) is 5.79. The van der Waals surface area contributed by atoms with Gasteiger partial charge < -0.3 is 10.2 Å². The van der Waals surface area contributed by atoms with Crippen molar-refractivity contribution in [3.63, 3.8) is 0 Å². The Morgan fingerprint density at radius 2 is 2.00 bits per heavy atom. The molecule has 0 heterocycles. The minimum Gasteiger partial charge on any atom is -0.369 e. The zero-order valence-corrected chi connectivity index (χ0v) is 14.5. The number of anilines is 1. The van der Waals surface area contributed by atoms with Gasteiger partial charge in [-0.2, -0.15) is 0 Å². The highest BCUT2D eigenvalue weighted by molar-refractivity contribution is 9.10. The molecule has 0 aromatic heterocycles. The lowest BCUT2D eigenvalue weighted by Crippen LogP contribution is -2.37. The van der Waals surface area contributed by atoms with Crippen LogP contribution in [-0.2, 0) is 0 Å². The molecule has 0 aliphatic heterocycles. The quantitative estimate of drug-likeness (QED) is 0.822. The van der Waals surface area contributed by atoms with E-state index in [0.29, 0.717) is 6.04 Å². The maximum absolute atomic E-state index is 3.61. The van der Waals surface area contributed by atoms with Gasteiger partial charge in [0.15, 0.2) is 0 Å². The fourth-order valence-corrected chi connectivity index (χ4v) is 3.69. The monoisotopic (exact) mass is 338 g/mol. The molecular weight excluding hydrogens is 312 g/mol. The van der Waals surface area contributed by atoms with Crippen molar-refractivity contribution in [2.75, 3.05) is 18.5 Å². The van der Waals surface area contributed by atoms with Crippen molar-refractivity contribution in [1.82, 2.24) is 5.32 Å². The lowest BCUT2D eigenvalue weighted by atomic mass is 9.93. The highest BCUT2D eigenvalue weighted by Gasteiger charge is 2.23. The van der Waals surface area contributed by atoms with Gasteiger partial charge in [0.1, 0.15) is 0 Å². The molecule has 0 saturated heterocycles. The fraction of sp³-hybridized carbons (Fsp3) is 0.647. The van der Waals surface area contributed by atoms with Gasteiger partial charge in [0, 0.05) is 28.8 Å². The lowest BCUT2D eigenvalue weighted by Gasteiger charge is -2.37. The van der Waals surface area contributed by atoms with Gasteiger partial charge in [0.2, 0.25) is 0 Å². The van der Waals surface area contributed by atoms with Crippen LogP contribution in [0.2, 0.25) is 0 Å². The van der Waals surface area contributed by atoms with E-state index in [2.05, 4.69) is 58.2 Å². The fourth-order valence-electron chi connectivity index (χ4n) is 3.31. The molecule has 2 rings (SSSR count). The van der Waals surface area contributed by atoms with Gasteiger partial charge >= 0.3 is 0 Å². The lowest BCUT2D eigenvalue weighted by molar-refractivity contribution is 0.417. The van der Waals surface area contributed by atoms with Gasteiger partial charge in [-0.1, -0.05) is 35.2 Å². The molecule has 0 amide bonds. The maximum Gasteiger partial charge on any atom is 0.0417 e. The summed E-state index contributed by atoms with van der Waals surface area (Å²) in [5, 5.41) is 3.38. The second kappa shape index (κ2) is 7.46. The molecule has 1 fully saturated rings. The van der Waals surface area contributed by atoms with Crippen LogP contribution in [0, 0.1) is 0 Å². The van der Waals surface area contributed by atoms with Crippen LogP contribution in [0.25, 0.3) is 0 Å². The summed E-state index contributed by atoms with van der Waals surface area (Å²) in [6, 6.07) is 7.82. The zero-order chi connectivity index (χ0) is 14.5. The van der Waals surface area contributed by atoms with Crippen molar-refractivity contribution in [3.8, 4) is 0 Å². The summed E-state index contributed by atoms with van der Waals surface area (Å²) in [6.45, 7) is 5.61. The SMILES string of the molecule is CCN(c1ccc(Br)cc1C(C)NC)C1CCCCC1. The summed E-state index contributed by atoms with van der Waals surface area (Å²) < 4.78 is 1.16. The first-order valence-corrected chi connectivity index (χ1v) is 8.70. The van der Waals surface area contributed by atoms with Gasteiger partial charge in [0.05, 0.1) is 0 Å². The summed E-state index contributed by atoms with van der Waals surface area (Å²) in [6.07, 6.45) is 6.87. The van der Waals surface area contributed by atoms with Crippen LogP contribution in [0.1, 0.15) is 57.6 Å². The van der Waals surface area contributed by atoms with Crippen molar-refractivity contribution in [3.05, 3.63) is 28.2 Å². The first-order valence-electron chi connectivity index (χ1n) is 7.90. The van der Waals surface area contributed by atoms with Crippen LogP contribution in [0.3, 0.4) is 0 Å². The van der Waals surface area contributed by atoms with E-state index >= 15 is 0 Å². The molecule has 3 heteroatoms. The largest absolute Gasteiger partial charge is 0.369 e. The Labute approximate surface area is 132 Å². The van der Waals surface area contributed by atoms with E-state index in [9.17, 15) is 0 Å². The molecule has 1 aromatic rings. The Kier molecular flexibility index (Phi) is 5.91. The van der Waals surface area contributed by atoms with Crippen molar-refractivity contribution in [2.24, 2.45) is 0 Å². The number of hydrogen-bond acceptors (Lipinski definition) is 2. The van der Waals surface area contributed by atoms with Gasteiger partial charge in [0.25, 0.3) is 0 Å². The van der Waals surface area contributed by atoms with E-state index in [1.165, 1.54) is 43.4 Å². The molecular formula is C17H27BrN2. The summed E-state index contributed by atoms with van der Waals surface area (Å²) in [4.78, 5) is 2.62. The number of halogens is 1. The third-order valence-corrected chi connectivity index (χ3v) is 5.05. The van der Waals surface area contributed by atoms with E-state index in [4.69, 9.17) is 0 Å². The third-order valence-electron chi connectivity index (χ3n) is 4.55. The molecule has 1 aliphatic carbocycles. The molecule has 1 aromatic carbocycles. The first-order chi connectivity index (χ1) is 9.67. The van der Waals surface area contributed by atoms with Crippen LogP contribution in [0.5, 0.6) is 0 Å². The molecule has 2 nitrogen and oxygen atoms in total. The highest BCUT2D eigenvalue weighted by atomic mass is 79.9. The maximum atomic E-state index is 3.61. The standard InChI is InChI=1S/C17H27BrN2/c1-4-20(15-8-6-5-7-9-15)17-11-10-14(18)12-16(17)13(2)19-3/h10-13,15,19H,4-9H2,1-3H3. The molecule has 20 heavy (non-hydrogen) atoms. The normalized spacial score (nSPS) is 18.0. The Bertz CT molecular complexity index is 427. The third kappa shape index (κ3) is 3.56. The smallest absolute Gasteiger partial charge is 0.0417 e. The average molecular weight is 339 g/mol. The minimum atomic E-state index is 0.375. The molecule has 112 valence electrons. The minimum absolute atomic E-state index is 0.375. The van der Waals surface area contributed by atoms with Crippen LogP contribution in [-0.4, -0.2) is 19.6 Å². The summed E-state index contributed by atoms with van der Waals surface area (Å²) in [5.74, 6) is 0. The number of rotatable bonds is 5. The Morgan fingerprint density at radius 3 is 2.60 bits per heavy atom. The van der Waals surface area contributed by atoms with Gasteiger partial charge in [-0.3, -0.25) is 0 Å². The number of nitrogens with zero attached hydrogens (tertiary/aromatic N) is 1. The van der Waals surface area contributed by atoms with Gasteiger partial charge in [-0.15, -0.1) is 0 Å². The summed E-state index contributed by atoms with van der Waals surface area (Å²) >= 11 is 3.61. The zero-order valence-electron chi connectivity index (χ0n) is 13.0. The molecule has 1 unspecified atom stereocenters. The van der Waals surface area contributed by atoms with Crippen LogP contribution in [0.4, 0.5) is 5.69 Å². The van der Waals surface area contributed by atoms with Gasteiger partial charge in [-0.05, 0) is 57.5 Å². The van der Waals surface area contributed by atoms with Crippen LogP contribution in [0.15, 0.2) is 22.7 Å². The summed E-state index contributed by atoms with van der Waals surface area (Å²) in [5.41, 5.74) is 2.80. The average Bonchev–Trinajstić information content (AvgIpc) is 2.49.